The van der Waals surface area contributed by atoms with Gasteiger partial charge in [-0.25, -0.2) is 0 Å². The number of hydrogen-bond donors (Lipinski definition) is 5. The summed E-state index contributed by atoms with van der Waals surface area (Å²) in [6, 6.07) is 9.96. The molecule has 6 nitrogen and oxygen atoms in total. The van der Waals surface area contributed by atoms with Crippen LogP contribution in [0, 0.1) is 0 Å². The van der Waals surface area contributed by atoms with Crippen molar-refractivity contribution in [3.63, 3.8) is 0 Å². The van der Waals surface area contributed by atoms with Crippen LogP contribution >= 0.6 is 0 Å². The minimum atomic E-state index is -0.171. The van der Waals surface area contributed by atoms with Gasteiger partial charge in [0, 0.05) is 12.1 Å². The Bertz CT molecular complexity index is 787. The Labute approximate surface area is 133 Å². The van der Waals surface area contributed by atoms with Crippen molar-refractivity contribution in [3.05, 3.63) is 59.9 Å². The zero-order valence-corrected chi connectivity index (χ0v) is 12.4. The van der Waals surface area contributed by atoms with Crippen molar-refractivity contribution < 1.29 is 15.0 Å². The van der Waals surface area contributed by atoms with Crippen molar-refractivity contribution in [1.82, 2.24) is 5.32 Å². The summed E-state index contributed by atoms with van der Waals surface area (Å²) < 4.78 is 0. The van der Waals surface area contributed by atoms with E-state index in [9.17, 15) is 15.0 Å². The quantitative estimate of drug-likeness (QED) is 0.559. The Morgan fingerprint density at radius 1 is 1.04 bits per heavy atom. The van der Waals surface area contributed by atoms with Crippen LogP contribution in [0.2, 0.25) is 0 Å². The first kappa shape index (κ1) is 14.8. The van der Waals surface area contributed by atoms with Gasteiger partial charge in [0.15, 0.2) is 11.5 Å². The number of aromatic hydroxyl groups is 2. The van der Waals surface area contributed by atoms with Gasteiger partial charge < -0.3 is 26.2 Å². The normalized spacial score (nSPS) is 12.3. The molecule has 5 N–H and O–H groups in total. The zero-order chi connectivity index (χ0) is 16.4. The molecule has 6 heteroatoms. The van der Waals surface area contributed by atoms with Gasteiger partial charge in [0.2, 0.25) is 0 Å². The Hall–Kier alpha value is -3.15. The maximum atomic E-state index is 12.2. The molecular formula is C17H17N3O3. The third-order valence-corrected chi connectivity index (χ3v) is 3.59. The van der Waals surface area contributed by atoms with Crippen LogP contribution in [0.3, 0.4) is 0 Å². The minimum Gasteiger partial charge on any atom is -0.504 e. The third-order valence-electron chi connectivity index (χ3n) is 3.59. The maximum absolute atomic E-state index is 12.2. The Kier molecular flexibility index (Phi) is 3.80. The van der Waals surface area contributed by atoms with Crippen molar-refractivity contribution in [1.29, 1.82) is 0 Å². The lowest BCUT2D eigenvalue weighted by Gasteiger charge is -2.07. The fourth-order valence-electron chi connectivity index (χ4n) is 2.40. The van der Waals surface area contributed by atoms with Crippen molar-refractivity contribution in [2.45, 2.75) is 6.42 Å². The van der Waals surface area contributed by atoms with E-state index < -0.39 is 0 Å². The van der Waals surface area contributed by atoms with Crippen LogP contribution in [0.5, 0.6) is 11.5 Å². The van der Waals surface area contributed by atoms with E-state index >= 15 is 0 Å². The summed E-state index contributed by atoms with van der Waals surface area (Å²) in [4.78, 5) is 12.2. The van der Waals surface area contributed by atoms with Gasteiger partial charge in [0.25, 0.3) is 5.91 Å². The second-order valence-electron chi connectivity index (χ2n) is 5.32. The molecule has 0 saturated heterocycles. The summed E-state index contributed by atoms with van der Waals surface area (Å²) in [5, 5.41) is 27.6. The van der Waals surface area contributed by atoms with E-state index in [-0.39, 0.29) is 17.4 Å². The zero-order valence-electron chi connectivity index (χ0n) is 12.4. The van der Waals surface area contributed by atoms with Crippen LogP contribution in [0.4, 0.5) is 11.4 Å². The lowest BCUT2D eigenvalue weighted by molar-refractivity contribution is 0.0954. The highest BCUT2D eigenvalue weighted by molar-refractivity contribution is 5.97. The van der Waals surface area contributed by atoms with E-state index in [1.54, 1.807) is 18.2 Å². The monoisotopic (exact) mass is 311 g/mol. The van der Waals surface area contributed by atoms with Crippen LogP contribution in [-0.2, 0) is 6.42 Å². The van der Waals surface area contributed by atoms with Gasteiger partial charge in [-0.1, -0.05) is 12.6 Å². The van der Waals surface area contributed by atoms with Crippen LogP contribution in [0.25, 0.3) is 0 Å². The second kappa shape index (κ2) is 5.92. The van der Waals surface area contributed by atoms with Gasteiger partial charge in [-0.05, 0) is 42.3 Å². The number of benzene rings is 2. The second-order valence-corrected chi connectivity index (χ2v) is 5.32. The van der Waals surface area contributed by atoms with Crippen molar-refractivity contribution in [2.75, 3.05) is 17.2 Å². The molecule has 1 aliphatic heterocycles. The highest BCUT2D eigenvalue weighted by Gasteiger charge is 2.15. The summed E-state index contributed by atoms with van der Waals surface area (Å²) in [7, 11) is 0. The topological polar surface area (TPSA) is 93.6 Å². The Morgan fingerprint density at radius 3 is 2.61 bits per heavy atom. The number of nitrogens with one attached hydrogen (secondary N) is 3. The van der Waals surface area contributed by atoms with Crippen molar-refractivity contribution in [3.8, 4) is 11.5 Å². The average Bonchev–Trinajstić information content (AvgIpc) is 2.89. The largest absolute Gasteiger partial charge is 0.504 e. The standard InChI is InChI=1S/C17H17N3O3/c1-10-19-13-4-3-12(9-14(13)20-10)17(23)18-7-6-11-2-5-15(21)16(22)8-11/h2-5,8-9,19-22H,1,6-7H2,(H,18,23). The number of carbonyl (C=O) groups is 1. The summed E-state index contributed by atoms with van der Waals surface area (Å²) in [6.07, 6.45) is 0.557. The van der Waals surface area contributed by atoms with Gasteiger partial charge in [-0.15, -0.1) is 0 Å². The fraction of sp³-hybridized carbons (Fsp3) is 0.118. The molecule has 1 amide bonds. The molecule has 0 saturated carbocycles. The van der Waals surface area contributed by atoms with Gasteiger partial charge in [0.1, 0.15) is 5.82 Å². The molecule has 0 unspecified atom stereocenters. The SMILES string of the molecule is C=C1Nc2ccc(C(=O)NCCc3ccc(O)c(O)c3)cc2N1. The molecule has 118 valence electrons. The molecule has 23 heavy (non-hydrogen) atoms. The molecule has 1 heterocycles. The smallest absolute Gasteiger partial charge is 0.251 e. The molecule has 0 radical (unpaired) electrons. The van der Waals surface area contributed by atoms with E-state index in [1.807, 2.05) is 6.07 Å². The Morgan fingerprint density at radius 2 is 1.83 bits per heavy atom. The molecule has 1 aliphatic rings. The summed E-state index contributed by atoms with van der Waals surface area (Å²) in [5.74, 6) is 0.199. The molecule has 0 fully saturated rings. The highest BCUT2D eigenvalue weighted by atomic mass is 16.3. The Balaban J connectivity index is 1.58. The molecular weight excluding hydrogens is 294 g/mol. The van der Waals surface area contributed by atoms with Gasteiger partial charge in [-0.3, -0.25) is 4.79 Å². The first-order valence-electron chi connectivity index (χ1n) is 7.19. The lowest BCUT2D eigenvalue weighted by atomic mass is 10.1. The molecule has 0 atom stereocenters. The predicted octanol–water partition coefficient (Wildman–Crippen LogP) is 2.38. The maximum Gasteiger partial charge on any atom is 0.251 e. The van der Waals surface area contributed by atoms with Crippen LogP contribution in [0.1, 0.15) is 15.9 Å². The molecule has 0 aliphatic carbocycles. The molecule has 0 spiro atoms. The molecule has 3 rings (SSSR count). The fourth-order valence-corrected chi connectivity index (χ4v) is 2.40. The van der Waals surface area contributed by atoms with E-state index in [1.165, 1.54) is 12.1 Å². The predicted molar refractivity (Wildman–Crippen MR) is 88.6 cm³/mol. The van der Waals surface area contributed by atoms with Crippen LogP contribution in [0.15, 0.2) is 48.8 Å². The first-order valence-corrected chi connectivity index (χ1v) is 7.19. The molecule has 0 aromatic heterocycles. The number of carbonyl (C=O) groups excluding carboxylic acids is 1. The van der Waals surface area contributed by atoms with E-state index in [0.29, 0.717) is 24.4 Å². The minimum absolute atomic E-state index is 0.154. The number of rotatable bonds is 4. The van der Waals surface area contributed by atoms with Gasteiger partial charge >= 0.3 is 0 Å². The number of anilines is 2. The number of phenols is 2. The van der Waals surface area contributed by atoms with Gasteiger partial charge in [-0.2, -0.15) is 0 Å². The van der Waals surface area contributed by atoms with Crippen LogP contribution in [-0.4, -0.2) is 22.7 Å². The summed E-state index contributed by atoms with van der Waals surface area (Å²) in [6.45, 7) is 4.21. The van der Waals surface area contributed by atoms with Crippen molar-refractivity contribution >= 4 is 17.3 Å². The first-order chi connectivity index (χ1) is 11.0. The molecule has 0 bridgehead atoms. The number of phenolic OH excluding ortho intramolecular Hbond substituents is 2. The number of fused-ring (bicyclic) bond motifs is 1. The lowest BCUT2D eigenvalue weighted by Crippen LogP contribution is -2.25. The average molecular weight is 311 g/mol. The molecule has 2 aromatic rings. The van der Waals surface area contributed by atoms with Gasteiger partial charge in [0.05, 0.1) is 11.4 Å². The van der Waals surface area contributed by atoms with E-state index in [4.69, 9.17) is 0 Å². The van der Waals surface area contributed by atoms with Crippen LogP contribution < -0.4 is 16.0 Å². The highest BCUT2D eigenvalue weighted by Crippen LogP contribution is 2.30. The summed E-state index contributed by atoms with van der Waals surface area (Å²) in [5.41, 5.74) is 3.11. The molecule has 2 aromatic carbocycles. The number of hydrogen-bond acceptors (Lipinski definition) is 5. The van der Waals surface area contributed by atoms with E-state index in [0.717, 1.165) is 16.9 Å². The number of amides is 1. The van der Waals surface area contributed by atoms with Crippen molar-refractivity contribution in [2.24, 2.45) is 0 Å². The van der Waals surface area contributed by atoms with E-state index in [2.05, 4.69) is 22.5 Å². The summed E-state index contributed by atoms with van der Waals surface area (Å²) >= 11 is 0. The third kappa shape index (κ3) is 3.21.